The molecule has 0 saturated carbocycles. The Hall–Kier alpha value is -5.54. The van der Waals surface area contributed by atoms with E-state index in [0.717, 1.165) is 0 Å². The van der Waals surface area contributed by atoms with Gasteiger partial charge in [0.2, 0.25) is 5.91 Å². The van der Waals surface area contributed by atoms with Crippen LogP contribution in [0.15, 0.2) is 0 Å². The lowest BCUT2D eigenvalue weighted by atomic mass is 9.92. The number of rotatable bonds is 20. The van der Waals surface area contributed by atoms with Crippen LogP contribution in [0.5, 0.6) is 0 Å². The summed E-state index contributed by atoms with van der Waals surface area (Å²) in [5.74, 6) is 41.7. The molecule has 1 heterocycles. The fourth-order valence-electron chi connectivity index (χ4n) is 3.96. The molecule has 54 heavy (non-hydrogen) atoms. The molecular weight excluding hydrogens is 696 g/mol. The number of carbonyl (C=O) groups excluding carboxylic acids is 2. The van der Waals surface area contributed by atoms with Gasteiger partial charge in [-0.3, -0.25) is 4.79 Å². The lowest BCUT2D eigenvalue weighted by molar-refractivity contribution is -0.282. The number of aliphatic hydroxyl groups is 3. The van der Waals surface area contributed by atoms with Gasteiger partial charge in [-0.15, -0.1) is 6.42 Å². The molecular formula is C41H44N2O11. The quantitative estimate of drug-likeness (QED) is 0.0781. The first-order valence-electron chi connectivity index (χ1n) is 16.9. The Morgan fingerprint density at radius 2 is 1.35 bits per heavy atom. The molecule has 6 atom stereocenters. The molecule has 0 aromatic heterocycles. The van der Waals surface area contributed by atoms with Crippen molar-refractivity contribution >= 4 is 12.0 Å². The number of hydrogen-bond donors (Lipinski definition) is 5. The summed E-state index contributed by atoms with van der Waals surface area (Å²) in [5, 5.41) is 34.6. The molecule has 5 N–H and O–H groups in total. The first-order valence-corrected chi connectivity index (χ1v) is 16.9. The normalized spacial score (nSPS) is 18.0. The fourth-order valence-corrected chi connectivity index (χ4v) is 3.96. The highest BCUT2D eigenvalue weighted by Gasteiger charge is 2.42. The average molecular weight is 741 g/mol. The van der Waals surface area contributed by atoms with Crippen LogP contribution in [0.4, 0.5) is 4.79 Å². The highest BCUT2D eigenvalue weighted by Crippen LogP contribution is 2.26. The third kappa shape index (κ3) is 23.8. The first-order chi connectivity index (χ1) is 26.3. The van der Waals surface area contributed by atoms with Gasteiger partial charge < -0.3 is 54.4 Å². The SMILES string of the molecule is C#CC#CC#CC#CC#CC#CC#CC#CC#CCC(COC(=O)NCCOCCOCCCNC(=O)CCCOC1OC(CO)C(O)C(O)C1C)OC. The van der Waals surface area contributed by atoms with E-state index >= 15 is 0 Å². The zero-order valence-electron chi connectivity index (χ0n) is 30.3. The van der Waals surface area contributed by atoms with Crippen LogP contribution in [0.3, 0.4) is 0 Å². The van der Waals surface area contributed by atoms with Crippen molar-refractivity contribution in [3.05, 3.63) is 0 Å². The zero-order chi connectivity index (χ0) is 39.5. The summed E-state index contributed by atoms with van der Waals surface area (Å²) in [7, 11) is 1.48. The largest absolute Gasteiger partial charge is 0.447 e. The van der Waals surface area contributed by atoms with E-state index in [0.29, 0.717) is 39.2 Å². The third-order valence-electron chi connectivity index (χ3n) is 6.79. The van der Waals surface area contributed by atoms with E-state index in [2.05, 4.69) is 111 Å². The van der Waals surface area contributed by atoms with Gasteiger partial charge in [-0.05, 0) is 108 Å². The number of methoxy groups -OCH3 is 1. The smallest absolute Gasteiger partial charge is 0.407 e. The summed E-state index contributed by atoms with van der Waals surface area (Å²) in [6.45, 7) is 3.56. The van der Waals surface area contributed by atoms with E-state index in [1.165, 1.54) is 7.11 Å². The van der Waals surface area contributed by atoms with Crippen LogP contribution in [0.2, 0.25) is 0 Å². The number of hydrogen-bond acceptors (Lipinski definition) is 11. The molecule has 0 aromatic carbocycles. The number of alkyl carbamates (subject to hydrolysis) is 1. The maximum Gasteiger partial charge on any atom is 0.407 e. The predicted octanol–water partition coefficient (Wildman–Crippen LogP) is -0.810. The Balaban J connectivity index is 2.04. The van der Waals surface area contributed by atoms with Gasteiger partial charge in [-0.25, -0.2) is 4.79 Å². The average Bonchev–Trinajstić information content (AvgIpc) is 3.17. The summed E-state index contributed by atoms with van der Waals surface area (Å²) in [4.78, 5) is 24.0. The van der Waals surface area contributed by atoms with Gasteiger partial charge in [0, 0.05) is 45.6 Å². The van der Waals surface area contributed by atoms with Crippen LogP contribution < -0.4 is 10.6 Å². The summed E-state index contributed by atoms with van der Waals surface area (Å²) in [6, 6.07) is 0. The van der Waals surface area contributed by atoms with Crippen molar-refractivity contribution in [2.24, 2.45) is 5.92 Å². The Morgan fingerprint density at radius 1 is 0.759 bits per heavy atom. The van der Waals surface area contributed by atoms with Gasteiger partial charge >= 0.3 is 6.09 Å². The number of terminal acetylenes is 1. The topological polar surface area (TPSA) is 174 Å². The van der Waals surface area contributed by atoms with Crippen LogP contribution in [-0.4, -0.2) is 124 Å². The van der Waals surface area contributed by atoms with Crippen LogP contribution in [0, 0.1) is 113 Å². The van der Waals surface area contributed by atoms with E-state index in [1.807, 2.05) is 0 Å². The summed E-state index contributed by atoms with van der Waals surface area (Å²) >= 11 is 0. The molecule has 1 fully saturated rings. The van der Waals surface area contributed by atoms with E-state index in [9.17, 15) is 24.9 Å². The predicted molar refractivity (Wildman–Crippen MR) is 197 cm³/mol. The Morgan fingerprint density at radius 3 is 1.94 bits per heavy atom. The molecule has 13 nitrogen and oxygen atoms in total. The second kappa shape index (κ2) is 32.1. The van der Waals surface area contributed by atoms with E-state index in [4.69, 9.17) is 34.8 Å². The van der Waals surface area contributed by atoms with E-state index in [-0.39, 0.29) is 45.1 Å². The van der Waals surface area contributed by atoms with Crippen LogP contribution in [0.1, 0.15) is 32.6 Å². The van der Waals surface area contributed by atoms with Gasteiger partial charge in [-0.2, -0.15) is 0 Å². The maximum atomic E-state index is 12.0. The Kier molecular flexibility index (Phi) is 27.7. The van der Waals surface area contributed by atoms with Crippen molar-refractivity contribution in [2.75, 3.05) is 66.4 Å². The Bertz CT molecular complexity index is 1730. The molecule has 2 amide bonds. The standard InChI is InChI=1S/C41H44N2O11/c1-4-5-6-7-8-9-10-11-12-13-14-15-16-17-18-19-20-23-35(49-3)33-53-41(48)43-26-29-51-31-30-50-27-22-25-42-37(45)24-21-28-52-40-34(2)38(46)39(47)36(32-44)54-40/h1,34-36,38-40,44,46-47H,21-33H2,2-3H3,(H,42,45)(H,43,48). The molecule has 0 radical (unpaired) electrons. The maximum absolute atomic E-state index is 12.0. The van der Waals surface area contributed by atoms with Crippen molar-refractivity contribution < 1.29 is 53.3 Å². The lowest BCUT2D eigenvalue weighted by Crippen LogP contribution is -2.55. The first kappa shape index (κ1) is 46.5. The fraction of sp³-hybridized carbons (Fsp3) is 0.512. The molecule has 13 heteroatoms. The van der Waals surface area contributed by atoms with Crippen molar-refractivity contribution in [3.8, 4) is 107 Å². The van der Waals surface area contributed by atoms with Gasteiger partial charge in [-0.1, -0.05) is 12.8 Å². The van der Waals surface area contributed by atoms with Crippen LogP contribution >= 0.6 is 0 Å². The highest BCUT2D eigenvalue weighted by molar-refractivity contribution is 5.75. The number of aliphatic hydroxyl groups excluding tert-OH is 3. The zero-order valence-corrected chi connectivity index (χ0v) is 30.3. The monoisotopic (exact) mass is 740 g/mol. The van der Waals surface area contributed by atoms with Gasteiger partial charge in [0.05, 0.1) is 39.1 Å². The summed E-state index contributed by atoms with van der Waals surface area (Å²) in [5.41, 5.74) is 0. The molecule has 1 aliphatic rings. The molecule has 0 aliphatic carbocycles. The van der Waals surface area contributed by atoms with Gasteiger partial charge in [0.15, 0.2) is 6.29 Å². The van der Waals surface area contributed by atoms with E-state index in [1.54, 1.807) is 6.92 Å². The molecule has 1 rings (SSSR count). The minimum absolute atomic E-state index is 0.00112. The van der Waals surface area contributed by atoms with Gasteiger partial charge in [0.25, 0.3) is 0 Å². The van der Waals surface area contributed by atoms with Crippen molar-refractivity contribution in [1.29, 1.82) is 0 Å². The number of carbonyl (C=O) groups is 2. The molecule has 6 unspecified atom stereocenters. The van der Waals surface area contributed by atoms with Crippen LogP contribution in [-0.2, 0) is 33.2 Å². The molecule has 284 valence electrons. The molecule has 0 spiro atoms. The number of amides is 2. The number of nitrogens with one attached hydrogen (secondary N) is 2. The molecule has 1 saturated heterocycles. The van der Waals surface area contributed by atoms with Gasteiger partial charge in [0.1, 0.15) is 24.9 Å². The highest BCUT2D eigenvalue weighted by atomic mass is 16.7. The van der Waals surface area contributed by atoms with Crippen LogP contribution in [0.25, 0.3) is 0 Å². The van der Waals surface area contributed by atoms with Crippen molar-refractivity contribution in [3.63, 3.8) is 0 Å². The minimum atomic E-state index is -1.18. The number of ether oxygens (including phenoxy) is 6. The summed E-state index contributed by atoms with van der Waals surface area (Å²) in [6.07, 6.45) is 1.54. The third-order valence-corrected chi connectivity index (χ3v) is 6.79. The van der Waals surface area contributed by atoms with Crippen molar-refractivity contribution in [1.82, 2.24) is 10.6 Å². The van der Waals surface area contributed by atoms with Crippen molar-refractivity contribution in [2.45, 2.75) is 63.3 Å². The van der Waals surface area contributed by atoms with E-state index < -0.39 is 49.3 Å². The summed E-state index contributed by atoms with van der Waals surface area (Å²) < 4.78 is 32.4. The lowest BCUT2D eigenvalue weighted by Gasteiger charge is -2.40. The Labute approximate surface area is 318 Å². The molecule has 0 aromatic rings. The second-order valence-electron chi connectivity index (χ2n) is 10.8. The minimum Gasteiger partial charge on any atom is -0.447 e. The second-order valence-corrected chi connectivity index (χ2v) is 10.8. The molecule has 1 aliphatic heterocycles. The molecule has 0 bridgehead atoms.